The van der Waals surface area contributed by atoms with E-state index in [1.54, 1.807) is 0 Å². The van der Waals surface area contributed by atoms with Gasteiger partial charge in [0, 0.05) is 50.2 Å². The molecule has 0 bridgehead atoms. The minimum Gasteiger partial charge on any atom is -0.310 e. The van der Waals surface area contributed by atoms with E-state index in [1.807, 2.05) is 0 Å². The van der Waals surface area contributed by atoms with Gasteiger partial charge in [0.1, 0.15) is 0 Å². The van der Waals surface area contributed by atoms with Crippen LogP contribution in [0, 0.1) is 27.7 Å². The van der Waals surface area contributed by atoms with E-state index in [-0.39, 0.29) is 0 Å². The minimum absolute atomic E-state index is 0.723. The molecule has 11 rings (SSSR count). The van der Waals surface area contributed by atoms with Gasteiger partial charge in [-0.3, -0.25) is 0 Å². The molecule has 66 heavy (non-hydrogen) atoms. The average Bonchev–Trinajstić information content (AvgIpc) is 3.69. The first-order chi connectivity index (χ1) is 32.3. The zero-order valence-corrected chi connectivity index (χ0v) is 37.6. The van der Waals surface area contributed by atoms with Gasteiger partial charge in [-0.25, -0.2) is 9.97 Å². The molecule has 0 aliphatic carbocycles. The predicted octanol–water partition coefficient (Wildman–Crippen LogP) is 16.6. The van der Waals surface area contributed by atoms with Crippen molar-refractivity contribution in [1.82, 2.24) is 14.5 Å². The minimum atomic E-state index is 0.723. The van der Waals surface area contributed by atoms with Crippen LogP contribution in [0.5, 0.6) is 0 Å². The molecule has 0 aliphatic heterocycles. The van der Waals surface area contributed by atoms with Gasteiger partial charge in [-0.2, -0.15) is 0 Å². The Kier molecular flexibility index (Phi) is 10.4. The van der Waals surface area contributed by atoms with Gasteiger partial charge in [-0.05, 0) is 128 Å². The second-order valence-corrected chi connectivity index (χ2v) is 17.4. The number of hydrogen-bond acceptors (Lipinski definition) is 3. The van der Waals surface area contributed by atoms with Crippen LogP contribution >= 0.6 is 0 Å². The van der Waals surface area contributed by atoms with Gasteiger partial charge in [-0.1, -0.05) is 163 Å². The van der Waals surface area contributed by atoms with Crippen molar-refractivity contribution in [3.05, 3.63) is 241 Å². The molecule has 9 aromatic carbocycles. The Labute approximate surface area is 386 Å². The summed E-state index contributed by atoms with van der Waals surface area (Å²) in [6, 6.07) is 78.4. The van der Waals surface area contributed by atoms with Crippen LogP contribution in [0.3, 0.4) is 0 Å². The quantitative estimate of drug-likeness (QED) is 0.145. The molecule has 0 saturated heterocycles. The zero-order valence-electron chi connectivity index (χ0n) is 37.6. The number of anilines is 3. The number of aromatic nitrogens is 3. The monoisotopic (exact) mass is 848 g/mol. The van der Waals surface area contributed by atoms with Crippen LogP contribution < -0.4 is 4.90 Å². The van der Waals surface area contributed by atoms with Gasteiger partial charge < -0.3 is 9.47 Å². The van der Waals surface area contributed by atoms with Gasteiger partial charge in [0.15, 0.2) is 5.82 Å². The Morgan fingerprint density at radius 1 is 0.348 bits per heavy atom. The molecular weight excluding hydrogens is 801 g/mol. The molecule has 11 aromatic rings. The van der Waals surface area contributed by atoms with E-state index in [1.165, 1.54) is 66.3 Å². The molecule has 0 unspecified atom stereocenters. The molecule has 0 amide bonds. The van der Waals surface area contributed by atoms with E-state index in [0.717, 1.165) is 56.7 Å². The molecule has 2 aromatic heterocycles. The van der Waals surface area contributed by atoms with Crippen molar-refractivity contribution in [3.8, 4) is 61.8 Å². The normalized spacial score (nSPS) is 11.3. The van der Waals surface area contributed by atoms with Gasteiger partial charge in [-0.15, -0.1) is 0 Å². The summed E-state index contributed by atoms with van der Waals surface area (Å²) in [6.07, 6.45) is 0. The van der Waals surface area contributed by atoms with Crippen molar-refractivity contribution >= 4 is 38.9 Å². The highest BCUT2D eigenvalue weighted by molar-refractivity contribution is 6.10. The van der Waals surface area contributed by atoms with Crippen LogP contribution in [-0.2, 0) is 0 Å². The summed E-state index contributed by atoms with van der Waals surface area (Å²) in [4.78, 5) is 12.4. The van der Waals surface area contributed by atoms with E-state index in [4.69, 9.17) is 9.97 Å². The first kappa shape index (κ1) is 40.4. The Morgan fingerprint density at radius 3 is 1.42 bits per heavy atom. The summed E-state index contributed by atoms with van der Waals surface area (Å²) in [6.45, 7) is 8.67. The lowest BCUT2D eigenvalue weighted by molar-refractivity contribution is 1.18. The molecule has 0 radical (unpaired) electrons. The number of benzene rings is 9. The number of aryl methyl sites for hydroxylation is 4. The summed E-state index contributed by atoms with van der Waals surface area (Å²) in [5, 5.41) is 2.45. The van der Waals surface area contributed by atoms with Crippen molar-refractivity contribution in [2.45, 2.75) is 27.7 Å². The molecule has 0 aliphatic rings. The highest BCUT2D eigenvalue weighted by Crippen LogP contribution is 2.41. The molecule has 0 fully saturated rings. The van der Waals surface area contributed by atoms with Crippen molar-refractivity contribution in [3.63, 3.8) is 0 Å². The van der Waals surface area contributed by atoms with Crippen molar-refractivity contribution in [2.24, 2.45) is 0 Å². The van der Waals surface area contributed by atoms with Crippen molar-refractivity contribution in [1.29, 1.82) is 0 Å². The molecule has 0 spiro atoms. The molecule has 0 atom stereocenters. The molecule has 4 nitrogen and oxygen atoms in total. The second kappa shape index (κ2) is 17.0. The van der Waals surface area contributed by atoms with E-state index >= 15 is 0 Å². The van der Waals surface area contributed by atoms with E-state index in [9.17, 15) is 0 Å². The Hall–Kier alpha value is -8.34. The topological polar surface area (TPSA) is 34.0 Å². The average molecular weight is 849 g/mol. The predicted molar refractivity (Wildman–Crippen MR) is 277 cm³/mol. The van der Waals surface area contributed by atoms with Gasteiger partial charge in [0.2, 0.25) is 0 Å². The lowest BCUT2D eigenvalue weighted by atomic mass is 9.91. The van der Waals surface area contributed by atoms with Gasteiger partial charge in [0.05, 0.1) is 22.4 Å². The molecule has 0 saturated carbocycles. The number of hydrogen-bond donors (Lipinski definition) is 0. The van der Waals surface area contributed by atoms with E-state index in [0.29, 0.717) is 0 Å². The Morgan fingerprint density at radius 2 is 0.833 bits per heavy atom. The van der Waals surface area contributed by atoms with Crippen LogP contribution in [0.25, 0.3) is 83.6 Å². The summed E-state index contributed by atoms with van der Waals surface area (Å²) >= 11 is 0. The number of rotatable bonds is 9. The summed E-state index contributed by atoms with van der Waals surface area (Å²) < 4.78 is 2.40. The lowest BCUT2D eigenvalue weighted by Gasteiger charge is -2.25. The zero-order chi connectivity index (χ0) is 44.7. The van der Waals surface area contributed by atoms with Gasteiger partial charge in [0.25, 0.3) is 0 Å². The standard InChI is InChI=1S/C62H48N4/c1-41-19-23-46(24-20-41)57-40-58(64-62(63-57)49-25-21-42(2)22-26-49)47-29-27-45(28-30-47)50-37-43(3)61(44(4)38-50)48-31-33-53(34-32-48)66-59-18-12-11-17-55(59)56-39-54(35-36-60(56)66)65(51-13-7-5-8-14-51)52-15-9-6-10-16-52/h5-40H,1-4H3. The second-order valence-electron chi connectivity index (χ2n) is 17.4. The van der Waals surface area contributed by atoms with E-state index < -0.39 is 0 Å². The first-order valence-electron chi connectivity index (χ1n) is 22.6. The smallest absolute Gasteiger partial charge is 0.160 e. The van der Waals surface area contributed by atoms with Crippen LogP contribution in [0.4, 0.5) is 17.1 Å². The third-order valence-electron chi connectivity index (χ3n) is 12.8. The fraction of sp³-hybridized carbons (Fsp3) is 0.0645. The van der Waals surface area contributed by atoms with E-state index in [2.05, 4.69) is 256 Å². The van der Waals surface area contributed by atoms with Crippen molar-refractivity contribution < 1.29 is 0 Å². The van der Waals surface area contributed by atoms with Crippen LogP contribution in [0.2, 0.25) is 0 Å². The molecule has 2 heterocycles. The highest BCUT2D eigenvalue weighted by atomic mass is 15.1. The lowest BCUT2D eigenvalue weighted by Crippen LogP contribution is -2.09. The number of para-hydroxylation sites is 3. The summed E-state index contributed by atoms with van der Waals surface area (Å²) in [5.41, 5.74) is 21.6. The van der Waals surface area contributed by atoms with Crippen molar-refractivity contribution in [2.75, 3.05) is 4.90 Å². The molecule has 0 N–H and O–H groups in total. The number of nitrogens with zero attached hydrogens (tertiary/aromatic N) is 4. The fourth-order valence-corrected chi connectivity index (χ4v) is 9.47. The molecular formula is C62H48N4. The largest absolute Gasteiger partial charge is 0.310 e. The summed E-state index contributed by atoms with van der Waals surface area (Å²) in [7, 11) is 0. The molecule has 316 valence electrons. The van der Waals surface area contributed by atoms with Crippen LogP contribution in [-0.4, -0.2) is 14.5 Å². The SMILES string of the molecule is Cc1ccc(-c2cc(-c3ccc(-c4cc(C)c(-c5ccc(-n6c7ccccc7c7cc(N(c8ccccc8)c8ccccc8)ccc76)cc5)c(C)c4)cc3)nc(-c3ccc(C)cc3)n2)cc1. The maximum absolute atomic E-state index is 5.09. The Bertz CT molecular complexity index is 3390. The highest BCUT2D eigenvalue weighted by Gasteiger charge is 2.18. The third kappa shape index (κ3) is 7.63. The summed E-state index contributed by atoms with van der Waals surface area (Å²) in [5.74, 6) is 0.723. The first-order valence-corrected chi connectivity index (χ1v) is 22.6. The Balaban J connectivity index is 0.900. The fourth-order valence-electron chi connectivity index (χ4n) is 9.47. The van der Waals surface area contributed by atoms with Crippen LogP contribution in [0.15, 0.2) is 218 Å². The van der Waals surface area contributed by atoms with Crippen LogP contribution in [0.1, 0.15) is 22.3 Å². The maximum Gasteiger partial charge on any atom is 0.160 e. The van der Waals surface area contributed by atoms with Gasteiger partial charge >= 0.3 is 0 Å². The number of fused-ring (bicyclic) bond motifs is 3. The maximum atomic E-state index is 5.09. The molecule has 4 heteroatoms. The third-order valence-corrected chi connectivity index (χ3v) is 12.8.